The van der Waals surface area contributed by atoms with Crippen LogP contribution >= 0.6 is 23.2 Å². The molecule has 0 aromatic heterocycles. The van der Waals surface area contributed by atoms with Gasteiger partial charge in [-0.05, 0) is 51.7 Å². The third kappa shape index (κ3) is 6.82. The fraction of sp³-hybridized carbons (Fsp3) is 0.611. The van der Waals surface area contributed by atoms with Crippen LogP contribution < -0.4 is 5.32 Å². The minimum atomic E-state index is -3.56. The number of carbonyl (C=O) groups is 1. The first kappa shape index (κ1) is 22.3. The first-order chi connectivity index (χ1) is 12.5. The van der Waals surface area contributed by atoms with Gasteiger partial charge in [-0.15, -0.1) is 0 Å². The van der Waals surface area contributed by atoms with Crippen molar-refractivity contribution < 1.29 is 17.9 Å². The van der Waals surface area contributed by atoms with E-state index in [-0.39, 0.29) is 11.7 Å². The molecule has 1 aliphatic heterocycles. The third-order valence-corrected chi connectivity index (χ3v) is 6.68. The molecule has 1 aromatic carbocycles. The Morgan fingerprint density at radius 1 is 1.30 bits per heavy atom. The zero-order valence-electron chi connectivity index (χ0n) is 15.8. The molecule has 1 aromatic rings. The zero-order valence-corrected chi connectivity index (χ0v) is 18.1. The summed E-state index contributed by atoms with van der Waals surface area (Å²) in [5.74, 6) is -0.208. The number of rotatable bonds is 5. The van der Waals surface area contributed by atoms with E-state index in [0.29, 0.717) is 35.2 Å². The van der Waals surface area contributed by atoms with Gasteiger partial charge in [0.2, 0.25) is 10.0 Å². The minimum absolute atomic E-state index is 0.0303. The van der Waals surface area contributed by atoms with Gasteiger partial charge < -0.3 is 10.1 Å². The molecule has 1 atom stereocenters. The Balaban J connectivity index is 1.97. The first-order valence-corrected chi connectivity index (χ1v) is 11.2. The average Bonchev–Trinajstić information content (AvgIpc) is 2.55. The van der Waals surface area contributed by atoms with E-state index in [2.05, 4.69) is 5.32 Å². The van der Waals surface area contributed by atoms with Crippen LogP contribution in [0.5, 0.6) is 0 Å². The fourth-order valence-corrected chi connectivity index (χ4v) is 5.33. The van der Waals surface area contributed by atoms with Crippen molar-refractivity contribution in [3.8, 4) is 0 Å². The van der Waals surface area contributed by atoms with Crippen molar-refractivity contribution in [3.63, 3.8) is 0 Å². The fourth-order valence-electron chi connectivity index (χ4n) is 2.93. The quantitative estimate of drug-likeness (QED) is 0.754. The standard InChI is InChI=1S/C18H26Cl2N2O4S/c1-18(2,3)26-17(23)21-10-13-6-5-9-22(11-13)27(24,25)12-14-15(19)7-4-8-16(14)20/h4,7-8,13H,5-6,9-12H2,1-3H3,(H,21,23)/t13-/m0/s1. The highest BCUT2D eigenvalue weighted by Gasteiger charge is 2.30. The Morgan fingerprint density at radius 2 is 1.93 bits per heavy atom. The van der Waals surface area contributed by atoms with Gasteiger partial charge in [0.25, 0.3) is 0 Å². The summed E-state index contributed by atoms with van der Waals surface area (Å²) in [4.78, 5) is 11.8. The van der Waals surface area contributed by atoms with E-state index in [0.717, 1.165) is 12.8 Å². The number of amides is 1. The maximum Gasteiger partial charge on any atom is 0.407 e. The Morgan fingerprint density at radius 3 is 2.52 bits per heavy atom. The smallest absolute Gasteiger partial charge is 0.407 e. The van der Waals surface area contributed by atoms with Gasteiger partial charge in [0.15, 0.2) is 0 Å². The molecular weight excluding hydrogens is 411 g/mol. The lowest BCUT2D eigenvalue weighted by atomic mass is 10.00. The van der Waals surface area contributed by atoms with Crippen LogP contribution in [0.4, 0.5) is 4.79 Å². The number of ether oxygens (including phenoxy) is 1. The van der Waals surface area contributed by atoms with E-state index >= 15 is 0 Å². The highest BCUT2D eigenvalue weighted by Crippen LogP contribution is 2.28. The van der Waals surface area contributed by atoms with Crippen molar-refractivity contribution in [2.75, 3.05) is 19.6 Å². The molecule has 9 heteroatoms. The molecule has 1 aliphatic rings. The number of nitrogens with one attached hydrogen (secondary N) is 1. The van der Waals surface area contributed by atoms with Crippen LogP contribution in [0, 0.1) is 5.92 Å². The van der Waals surface area contributed by atoms with Gasteiger partial charge in [-0.25, -0.2) is 17.5 Å². The summed E-state index contributed by atoms with van der Waals surface area (Å²) < 4.78 is 32.3. The van der Waals surface area contributed by atoms with Crippen LogP contribution in [0.3, 0.4) is 0 Å². The first-order valence-electron chi connectivity index (χ1n) is 8.85. The summed E-state index contributed by atoms with van der Waals surface area (Å²) >= 11 is 12.2. The number of carbonyl (C=O) groups excluding carboxylic acids is 1. The van der Waals surface area contributed by atoms with Crippen LogP contribution in [0.25, 0.3) is 0 Å². The average molecular weight is 437 g/mol. The van der Waals surface area contributed by atoms with Crippen LogP contribution in [0.1, 0.15) is 39.2 Å². The largest absolute Gasteiger partial charge is 0.444 e. The number of benzene rings is 1. The molecule has 1 fully saturated rings. The zero-order chi connectivity index (χ0) is 20.2. The Bertz CT molecular complexity index is 758. The summed E-state index contributed by atoms with van der Waals surface area (Å²) in [6.07, 6.45) is 1.08. The van der Waals surface area contributed by atoms with Crippen LogP contribution in [-0.4, -0.2) is 44.1 Å². The van der Waals surface area contributed by atoms with Crippen LogP contribution in [0.15, 0.2) is 18.2 Å². The molecule has 152 valence electrons. The lowest BCUT2D eigenvalue weighted by Gasteiger charge is -2.32. The van der Waals surface area contributed by atoms with Crippen molar-refractivity contribution in [1.29, 1.82) is 0 Å². The van der Waals surface area contributed by atoms with E-state index in [1.165, 1.54) is 4.31 Å². The molecule has 1 N–H and O–H groups in total. The summed E-state index contributed by atoms with van der Waals surface area (Å²) in [5.41, 5.74) is -0.157. The molecule has 1 saturated heterocycles. The van der Waals surface area contributed by atoms with Gasteiger partial charge in [0, 0.05) is 35.2 Å². The van der Waals surface area contributed by atoms with Crippen LogP contribution in [-0.2, 0) is 20.5 Å². The van der Waals surface area contributed by atoms with E-state index in [1.807, 2.05) is 0 Å². The van der Waals surface area contributed by atoms with Crippen molar-refractivity contribution in [2.45, 2.75) is 45.0 Å². The van der Waals surface area contributed by atoms with Gasteiger partial charge in [0.05, 0.1) is 5.75 Å². The Labute approximate surface area is 171 Å². The topological polar surface area (TPSA) is 75.7 Å². The molecule has 1 heterocycles. The van der Waals surface area contributed by atoms with Gasteiger partial charge >= 0.3 is 6.09 Å². The maximum absolute atomic E-state index is 12.8. The van der Waals surface area contributed by atoms with Gasteiger partial charge in [-0.1, -0.05) is 29.3 Å². The van der Waals surface area contributed by atoms with Crippen molar-refractivity contribution >= 4 is 39.3 Å². The van der Waals surface area contributed by atoms with Crippen molar-refractivity contribution in [3.05, 3.63) is 33.8 Å². The molecule has 0 unspecified atom stereocenters. The number of hydrogen-bond acceptors (Lipinski definition) is 4. The Kier molecular flexibility index (Phi) is 7.41. The van der Waals surface area contributed by atoms with E-state index < -0.39 is 21.7 Å². The highest BCUT2D eigenvalue weighted by molar-refractivity contribution is 7.88. The van der Waals surface area contributed by atoms with E-state index in [9.17, 15) is 13.2 Å². The second-order valence-corrected chi connectivity index (χ2v) is 10.5. The second-order valence-electron chi connectivity index (χ2n) is 7.71. The third-order valence-electron chi connectivity index (χ3n) is 4.20. The molecule has 0 spiro atoms. The van der Waals surface area contributed by atoms with E-state index in [1.54, 1.807) is 39.0 Å². The molecule has 27 heavy (non-hydrogen) atoms. The summed E-state index contributed by atoms with van der Waals surface area (Å²) in [6.45, 7) is 6.55. The maximum atomic E-state index is 12.8. The molecule has 0 aliphatic carbocycles. The van der Waals surface area contributed by atoms with Crippen LogP contribution in [0.2, 0.25) is 10.0 Å². The predicted octanol–water partition coefficient (Wildman–Crippen LogP) is 4.06. The van der Waals surface area contributed by atoms with Gasteiger partial charge in [-0.2, -0.15) is 0 Å². The lowest BCUT2D eigenvalue weighted by Crippen LogP contribution is -2.44. The molecule has 1 amide bonds. The predicted molar refractivity (Wildman–Crippen MR) is 108 cm³/mol. The number of hydrogen-bond donors (Lipinski definition) is 1. The molecule has 0 saturated carbocycles. The van der Waals surface area contributed by atoms with Crippen molar-refractivity contribution in [1.82, 2.24) is 9.62 Å². The number of piperidine rings is 1. The molecular formula is C18H26Cl2N2O4S. The summed E-state index contributed by atoms with van der Waals surface area (Å²) in [5, 5.41) is 3.40. The molecule has 2 rings (SSSR count). The lowest BCUT2D eigenvalue weighted by molar-refractivity contribution is 0.0513. The van der Waals surface area contributed by atoms with Gasteiger partial charge in [-0.3, -0.25) is 0 Å². The normalized spacial score (nSPS) is 18.9. The second kappa shape index (κ2) is 8.99. The summed E-state index contributed by atoms with van der Waals surface area (Å²) in [6, 6.07) is 4.93. The van der Waals surface area contributed by atoms with E-state index in [4.69, 9.17) is 27.9 Å². The van der Waals surface area contributed by atoms with Crippen molar-refractivity contribution in [2.24, 2.45) is 5.92 Å². The molecule has 0 radical (unpaired) electrons. The number of alkyl carbamates (subject to hydrolysis) is 1. The Hall–Kier alpha value is -1.02. The number of sulfonamides is 1. The highest BCUT2D eigenvalue weighted by atomic mass is 35.5. The van der Waals surface area contributed by atoms with Gasteiger partial charge in [0.1, 0.15) is 5.60 Å². The number of halogens is 2. The molecule has 0 bridgehead atoms. The summed E-state index contributed by atoms with van der Waals surface area (Å²) in [7, 11) is -3.56. The number of nitrogens with zero attached hydrogens (tertiary/aromatic N) is 1. The molecule has 6 nitrogen and oxygen atoms in total. The SMILES string of the molecule is CC(C)(C)OC(=O)NC[C@@H]1CCCN(S(=O)(=O)Cc2c(Cl)cccc2Cl)C1. The monoisotopic (exact) mass is 436 g/mol. The minimum Gasteiger partial charge on any atom is -0.444 e.